The molecule has 4 nitrogen and oxygen atoms in total. The van der Waals surface area contributed by atoms with Crippen LogP contribution in [-0.4, -0.2) is 17.5 Å². The monoisotopic (exact) mass is 280 g/mol. The van der Waals surface area contributed by atoms with Gasteiger partial charge in [-0.3, -0.25) is 4.99 Å². The number of aromatic amines is 1. The smallest absolute Gasteiger partial charge is 0.185 e. The molecule has 0 spiro atoms. The number of hydrogen-bond acceptors (Lipinski definition) is 1. The number of hydrogen-bond donors (Lipinski definition) is 3. The van der Waals surface area contributed by atoms with Crippen LogP contribution in [0.5, 0.6) is 0 Å². The van der Waals surface area contributed by atoms with Crippen LogP contribution in [0.15, 0.2) is 33.9 Å². The van der Waals surface area contributed by atoms with Gasteiger partial charge in [0.05, 0.1) is 0 Å². The van der Waals surface area contributed by atoms with E-state index in [-0.39, 0.29) is 5.96 Å². The van der Waals surface area contributed by atoms with Crippen molar-refractivity contribution in [1.29, 1.82) is 0 Å². The summed E-state index contributed by atoms with van der Waals surface area (Å²) in [4.78, 5) is 7.21. The highest BCUT2D eigenvalue weighted by Crippen LogP contribution is 2.27. The molecule has 5 N–H and O–H groups in total. The Kier molecular flexibility index (Phi) is 3.14. The molecular weight excluding hydrogens is 268 g/mol. The normalized spacial score (nSPS) is 10.6. The van der Waals surface area contributed by atoms with Gasteiger partial charge in [0.15, 0.2) is 5.96 Å². The van der Waals surface area contributed by atoms with Crippen molar-refractivity contribution in [3.8, 4) is 0 Å². The van der Waals surface area contributed by atoms with E-state index in [1.54, 1.807) is 0 Å². The number of nitrogens with one attached hydrogen (secondary N) is 1. The Morgan fingerprint density at radius 1 is 1.38 bits per heavy atom. The highest BCUT2D eigenvalue weighted by molar-refractivity contribution is 9.10. The van der Waals surface area contributed by atoms with Crippen LogP contribution in [-0.2, 0) is 6.42 Å². The maximum Gasteiger partial charge on any atom is 0.185 e. The van der Waals surface area contributed by atoms with E-state index in [1.807, 2.05) is 24.4 Å². The molecular formula is C11H13BrN4. The Labute approximate surface area is 102 Å². The van der Waals surface area contributed by atoms with E-state index in [0.717, 1.165) is 16.4 Å². The summed E-state index contributed by atoms with van der Waals surface area (Å²) in [6.45, 7) is 0.608. The number of aromatic nitrogens is 1. The number of benzene rings is 1. The van der Waals surface area contributed by atoms with Gasteiger partial charge in [-0.05, 0) is 24.1 Å². The summed E-state index contributed by atoms with van der Waals surface area (Å²) in [5, 5.41) is 1.20. The van der Waals surface area contributed by atoms with Crippen LogP contribution in [0, 0.1) is 0 Å². The zero-order valence-corrected chi connectivity index (χ0v) is 10.3. The molecule has 0 fully saturated rings. The van der Waals surface area contributed by atoms with E-state index in [9.17, 15) is 0 Å². The molecule has 0 aliphatic carbocycles. The zero-order chi connectivity index (χ0) is 11.5. The average Bonchev–Trinajstić information content (AvgIpc) is 2.62. The Balaban J connectivity index is 2.28. The van der Waals surface area contributed by atoms with E-state index < -0.39 is 0 Å². The number of aliphatic imine (C=N–C) groups is 1. The van der Waals surface area contributed by atoms with E-state index in [4.69, 9.17) is 11.5 Å². The van der Waals surface area contributed by atoms with Crippen molar-refractivity contribution in [2.24, 2.45) is 16.5 Å². The summed E-state index contributed by atoms with van der Waals surface area (Å²) in [5.74, 6) is 0.138. The molecule has 0 radical (unpaired) electrons. The van der Waals surface area contributed by atoms with Crippen LogP contribution in [0.25, 0.3) is 10.9 Å². The maximum absolute atomic E-state index is 5.29. The van der Waals surface area contributed by atoms with Gasteiger partial charge >= 0.3 is 0 Å². The van der Waals surface area contributed by atoms with Crippen molar-refractivity contribution in [1.82, 2.24) is 4.98 Å². The SMILES string of the molecule is NC(N)=NCCc1c[nH]c2cccc(Br)c12. The van der Waals surface area contributed by atoms with Crippen LogP contribution in [0.2, 0.25) is 0 Å². The molecule has 0 unspecified atom stereocenters. The third-order valence-electron chi connectivity index (χ3n) is 2.41. The predicted molar refractivity (Wildman–Crippen MR) is 70.4 cm³/mol. The number of nitrogens with zero attached hydrogens (tertiary/aromatic N) is 1. The summed E-state index contributed by atoms with van der Waals surface area (Å²) in [6, 6.07) is 6.08. The first-order valence-corrected chi connectivity index (χ1v) is 5.77. The second-order valence-electron chi connectivity index (χ2n) is 3.53. The maximum atomic E-state index is 5.29. The number of halogens is 1. The minimum absolute atomic E-state index is 0.138. The Bertz CT molecular complexity index is 526. The quantitative estimate of drug-likeness (QED) is 0.592. The van der Waals surface area contributed by atoms with Gasteiger partial charge in [-0.1, -0.05) is 22.0 Å². The molecule has 84 valence electrons. The van der Waals surface area contributed by atoms with Crippen molar-refractivity contribution in [3.63, 3.8) is 0 Å². The molecule has 0 saturated carbocycles. The first-order chi connectivity index (χ1) is 7.68. The van der Waals surface area contributed by atoms with Gasteiger partial charge in [0.2, 0.25) is 0 Å². The number of fused-ring (bicyclic) bond motifs is 1. The molecule has 1 aromatic carbocycles. The average molecular weight is 281 g/mol. The van der Waals surface area contributed by atoms with Crippen molar-refractivity contribution in [3.05, 3.63) is 34.4 Å². The standard InChI is InChI=1S/C11H13BrN4/c12-8-2-1-3-9-10(8)7(6-16-9)4-5-15-11(13)14/h1-3,6,16H,4-5H2,(H4,13,14,15). The van der Waals surface area contributed by atoms with Gasteiger partial charge in [-0.15, -0.1) is 0 Å². The van der Waals surface area contributed by atoms with Gasteiger partial charge in [-0.2, -0.15) is 0 Å². The van der Waals surface area contributed by atoms with Crippen LogP contribution < -0.4 is 11.5 Å². The largest absolute Gasteiger partial charge is 0.370 e. The van der Waals surface area contributed by atoms with E-state index >= 15 is 0 Å². The van der Waals surface area contributed by atoms with Crippen molar-refractivity contribution in [2.45, 2.75) is 6.42 Å². The lowest BCUT2D eigenvalue weighted by Crippen LogP contribution is -2.23. The second-order valence-corrected chi connectivity index (χ2v) is 4.39. The summed E-state index contributed by atoms with van der Waals surface area (Å²) in [6.07, 6.45) is 2.82. The molecule has 0 aliphatic heterocycles. The molecule has 1 aromatic heterocycles. The van der Waals surface area contributed by atoms with Gasteiger partial charge in [0.1, 0.15) is 0 Å². The van der Waals surface area contributed by atoms with Gasteiger partial charge in [-0.25, -0.2) is 0 Å². The molecule has 0 atom stereocenters. The molecule has 0 bridgehead atoms. The van der Waals surface area contributed by atoms with E-state index in [2.05, 4.69) is 25.9 Å². The summed E-state index contributed by atoms with van der Waals surface area (Å²) in [5.41, 5.74) is 12.9. The van der Waals surface area contributed by atoms with Crippen molar-refractivity contribution in [2.75, 3.05) is 6.54 Å². The van der Waals surface area contributed by atoms with Gasteiger partial charge < -0.3 is 16.5 Å². The lowest BCUT2D eigenvalue weighted by Gasteiger charge is -1.99. The van der Waals surface area contributed by atoms with E-state index in [0.29, 0.717) is 6.54 Å². The van der Waals surface area contributed by atoms with E-state index in [1.165, 1.54) is 10.9 Å². The third-order valence-corrected chi connectivity index (χ3v) is 3.07. The Morgan fingerprint density at radius 2 is 2.19 bits per heavy atom. The number of H-pyrrole nitrogens is 1. The molecule has 0 aliphatic rings. The fourth-order valence-corrected chi connectivity index (χ4v) is 2.33. The topological polar surface area (TPSA) is 80.2 Å². The first-order valence-electron chi connectivity index (χ1n) is 4.98. The third kappa shape index (κ3) is 2.19. The number of rotatable bonds is 3. The number of nitrogens with two attached hydrogens (primary N) is 2. The van der Waals surface area contributed by atoms with Gasteiger partial charge in [0, 0.05) is 28.1 Å². The minimum atomic E-state index is 0.138. The molecule has 0 saturated heterocycles. The Morgan fingerprint density at radius 3 is 2.94 bits per heavy atom. The van der Waals surface area contributed by atoms with Crippen molar-refractivity contribution >= 4 is 32.8 Å². The fourth-order valence-electron chi connectivity index (χ4n) is 1.71. The summed E-state index contributed by atoms with van der Waals surface area (Å²) >= 11 is 3.54. The Hall–Kier alpha value is -1.49. The van der Waals surface area contributed by atoms with Crippen LogP contribution >= 0.6 is 15.9 Å². The molecule has 16 heavy (non-hydrogen) atoms. The zero-order valence-electron chi connectivity index (χ0n) is 8.70. The van der Waals surface area contributed by atoms with Gasteiger partial charge in [0.25, 0.3) is 0 Å². The highest BCUT2D eigenvalue weighted by atomic mass is 79.9. The predicted octanol–water partition coefficient (Wildman–Crippen LogP) is 1.75. The molecule has 5 heteroatoms. The fraction of sp³-hybridized carbons (Fsp3) is 0.182. The van der Waals surface area contributed by atoms with Crippen LogP contribution in [0.4, 0.5) is 0 Å². The van der Waals surface area contributed by atoms with Crippen LogP contribution in [0.3, 0.4) is 0 Å². The molecule has 2 rings (SSSR count). The second kappa shape index (κ2) is 4.57. The minimum Gasteiger partial charge on any atom is -0.370 e. The lowest BCUT2D eigenvalue weighted by atomic mass is 10.1. The summed E-state index contributed by atoms with van der Waals surface area (Å²) < 4.78 is 1.09. The molecule has 1 heterocycles. The number of guanidine groups is 1. The molecule has 0 amide bonds. The van der Waals surface area contributed by atoms with Crippen LogP contribution in [0.1, 0.15) is 5.56 Å². The van der Waals surface area contributed by atoms with Crippen molar-refractivity contribution < 1.29 is 0 Å². The summed E-state index contributed by atoms with van der Waals surface area (Å²) in [7, 11) is 0. The highest BCUT2D eigenvalue weighted by Gasteiger charge is 2.05. The molecule has 2 aromatic rings. The first kappa shape index (κ1) is 11.0. The lowest BCUT2D eigenvalue weighted by molar-refractivity contribution is 0.969.